The predicted octanol–water partition coefficient (Wildman–Crippen LogP) is 3.27. The molecule has 0 aliphatic rings. The van der Waals surface area contributed by atoms with Gasteiger partial charge in [-0.2, -0.15) is 0 Å². The topological polar surface area (TPSA) is 21.3 Å². The Bertz CT molecular complexity index is 358. The Hall–Kier alpha value is -1.28. The molecular weight excluding hydrogens is 210 g/mol. The summed E-state index contributed by atoms with van der Waals surface area (Å²) in [6.07, 6.45) is 1.85. The van der Waals surface area contributed by atoms with E-state index in [2.05, 4.69) is 50.9 Å². The van der Waals surface area contributed by atoms with Crippen LogP contribution in [0.2, 0.25) is 0 Å². The molecule has 0 bridgehead atoms. The predicted molar refractivity (Wildman–Crippen MR) is 73.8 cm³/mol. The van der Waals surface area contributed by atoms with Gasteiger partial charge in [-0.05, 0) is 36.1 Å². The number of rotatable bonds is 7. The molecule has 1 rings (SSSR count). The number of nitrogens with one attached hydrogen (secondary N) is 1. The first-order valence-electron chi connectivity index (χ1n) is 6.19. The Kier molecular flexibility index (Phi) is 5.78. The second-order valence-corrected chi connectivity index (χ2v) is 4.58. The number of hydrogen-bond acceptors (Lipinski definition) is 2. The van der Waals surface area contributed by atoms with Crippen LogP contribution in [-0.4, -0.2) is 19.7 Å². The maximum Gasteiger partial charge on any atom is 0.119 e. The van der Waals surface area contributed by atoms with Crippen molar-refractivity contribution in [3.05, 3.63) is 42.0 Å². The van der Waals surface area contributed by atoms with E-state index in [1.54, 1.807) is 0 Å². The molecular formula is C15H23NO. The molecule has 0 amide bonds. The largest absolute Gasteiger partial charge is 0.492 e. The smallest absolute Gasteiger partial charge is 0.119 e. The molecule has 0 atom stereocenters. The number of benzene rings is 1. The molecule has 94 valence electrons. The lowest BCUT2D eigenvalue weighted by atomic mass is 10.0. The first kappa shape index (κ1) is 13.8. The molecule has 1 aromatic rings. The molecule has 1 N–H and O–H groups in total. The minimum Gasteiger partial charge on any atom is -0.492 e. The number of aryl methyl sites for hydroxylation is 1. The third-order valence-corrected chi connectivity index (χ3v) is 2.58. The van der Waals surface area contributed by atoms with Crippen LogP contribution in [0.4, 0.5) is 0 Å². The van der Waals surface area contributed by atoms with Gasteiger partial charge < -0.3 is 10.1 Å². The van der Waals surface area contributed by atoms with Crippen molar-refractivity contribution >= 4 is 0 Å². The average Bonchev–Trinajstić information content (AvgIpc) is 2.28. The SMILES string of the molecule is C=CCNCCOc1cc(C)cc(C(C)C)c1. The molecule has 0 aliphatic carbocycles. The van der Waals surface area contributed by atoms with Crippen molar-refractivity contribution in [1.82, 2.24) is 5.32 Å². The Balaban J connectivity index is 2.50. The first-order valence-corrected chi connectivity index (χ1v) is 6.19. The molecule has 0 aliphatic heterocycles. The third kappa shape index (κ3) is 5.05. The molecule has 0 saturated heterocycles. The van der Waals surface area contributed by atoms with Crippen LogP contribution in [0, 0.1) is 6.92 Å². The van der Waals surface area contributed by atoms with Gasteiger partial charge in [0, 0.05) is 13.1 Å². The maximum absolute atomic E-state index is 5.73. The summed E-state index contributed by atoms with van der Waals surface area (Å²) in [6, 6.07) is 6.43. The molecule has 0 aromatic heterocycles. The molecule has 0 unspecified atom stereocenters. The Morgan fingerprint density at radius 2 is 2.12 bits per heavy atom. The lowest BCUT2D eigenvalue weighted by molar-refractivity contribution is 0.316. The minimum atomic E-state index is 0.538. The van der Waals surface area contributed by atoms with E-state index in [0.29, 0.717) is 12.5 Å². The van der Waals surface area contributed by atoms with Crippen LogP contribution in [0.5, 0.6) is 5.75 Å². The van der Waals surface area contributed by atoms with Crippen LogP contribution >= 0.6 is 0 Å². The minimum absolute atomic E-state index is 0.538. The summed E-state index contributed by atoms with van der Waals surface area (Å²) in [7, 11) is 0. The van der Waals surface area contributed by atoms with Crippen molar-refractivity contribution in [3.63, 3.8) is 0 Å². The Morgan fingerprint density at radius 1 is 1.35 bits per heavy atom. The van der Waals surface area contributed by atoms with Crippen LogP contribution in [0.3, 0.4) is 0 Å². The van der Waals surface area contributed by atoms with Crippen LogP contribution in [0.15, 0.2) is 30.9 Å². The van der Waals surface area contributed by atoms with Crippen LogP contribution < -0.4 is 10.1 Å². The molecule has 0 spiro atoms. The van der Waals surface area contributed by atoms with Crippen molar-refractivity contribution in [3.8, 4) is 5.75 Å². The van der Waals surface area contributed by atoms with Crippen molar-refractivity contribution in [2.45, 2.75) is 26.7 Å². The van der Waals surface area contributed by atoms with Gasteiger partial charge in [0.2, 0.25) is 0 Å². The second-order valence-electron chi connectivity index (χ2n) is 4.58. The monoisotopic (exact) mass is 233 g/mol. The van der Waals surface area contributed by atoms with Gasteiger partial charge >= 0.3 is 0 Å². The lowest BCUT2D eigenvalue weighted by Crippen LogP contribution is -2.20. The van der Waals surface area contributed by atoms with E-state index >= 15 is 0 Å². The fraction of sp³-hybridized carbons (Fsp3) is 0.467. The van der Waals surface area contributed by atoms with Crippen molar-refractivity contribution in [2.75, 3.05) is 19.7 Å². The summed E-state index contributed by atoms with van der Waals surface area (Å²) in [5.41, 5.74) is 2.59. The van der Waals surface area contributed by atoms with E-state index in [0.717, 1.165) is 18.8 Å². The molecule has 0 heterocycles. The van der Waals surface area contributed by atoms with Gasteiger partial charge in [0.05, 0.1) is 0 Å². The Morgan fingerprint density at radius 3 is 2.76 bits per heavy atom. The summed E-state index contributed by atoms with van der Waals surface area (Å²) in [5, 5.41) is 3.21. The quantitative estimate of drug-likeness (QED) is 0.576. The van der Waals surface area contributed by atoms with Gasteiger partial charge in [0.25, 0.3) is 0 Å². The van der Waals surface area contributed by atoms with Gasteiger partial charge in [0.1, 0.15) is 12.4 Å². The molecule has 0 fully saturated rings. The van der Waals surface area contributed by atoms with Gasteiger partial charge in [-0.3, -0.25) is 0 Å². The maximum atomic E-state index is 5.73. The van der Waals surface area contributed by atoms with Crippen LogP contribution in [0.25, 0.3) is 0 Å². The summed E-state index contributed by atoms with van der Waals surface area (Å²) < 4.78 is 5.73. The van der Waals surface area contributed by atoms with E-state index < -0.39 is 0 Å². The van der Waals surface area contributed by atoms with Gasteiger partial charge in [0.15, 0.2) is 0 Å². The standard InChI is InChI=1S/C15H23NO/c1-5-6-16-7-8-17-15-10-13(4)9-14(11-15)12(2)3/h5,9-12,16H,1,6-8H2,2-4H3. The van der Waals surface area contributed by atoms with Crippen LogP contribution in [0.1, 0.15) is 30.9 Å². The second kappa shape index (κ2) is 7.13. The highest BCUT2D eigenvalue weighted by Gasteiger charge is 2.03. The highest BCUT2D eigenvalue weighted by atomic mass is 16.5. The number of hydrogen-bond donors (Lipinski definition) is 1. The van der Waals surface area contributed by atoms with E-state index in [-0.39, 0.29) is 0 Å². The first-order chi connectivity index (χ1) is 8.13. The fourth-order valence-corrected chi connectivity index (χ4v) is 1.64. The molecule has 0 radical (unpaired) electrons. The lowest BCUT2D eigenvalue weighted by Gasteiger charge is -2.12. The van der Waals surface area contributed by atoms with Crippen LogP contribution in [-0.2, 0) is 0 Å². The highest BCUT2D eigenvalue weighted by molar-refractivity contribution is 5.35. The summed E-state index contributed by atoms with van der Waals surface area (Å²) in [6.45, 7) is 12.5. The number of ether oxygens (including phenoxy) is 1. The van der Waals surface area contributed by atoms with Gasteiger partial charge in [-0.25, -0.2) is 0 Å². The zero-order valence-corrected chi connectivity index (χ0v) is 11.1. The fourth-order valence-electron chi connectivity index (χ4n) is 1.64. The molecule has 0 saturated carbocycles. The van der Waals surface area contributed by atoms with Crippen molar-refractivity contribution in [2.24, 2.45) is 0 Å². The van der Waals surface area contributed by atoms with E-state index in [1.165, 1.54) is 11.1 Å². The van der Waals surface area contributed by atoms with Crippen molar-refractivity contribution < 1.29 is 4.74 Å². The summed E-state index contributed by atoms with van der Waals surface area (Å²) >= 11 is 0. The van der Waals surface area contributed by atoms with E-state index in [4.69, 9.17) is 4.74 Å². The normalized spacial score (nSPS) is 10.6. The zero-order valence-electron chi connectivity index (χ0n) is 11.1. The summed E-state index contributed by atoms with van der Waals surface area (Å²) in [4.78, 5) is 0. The molecule has 2 nitrogen and oxygen atoms in total. The highest BCUT2D eigenvalue weighted by Crippen LogP contribution is 2.22. The van der Waals surface area contributed by atoms with E-state index in [9.17, 15) is 0 Å². The molecule has 1 aromatic carbocycles. The average molecular weight is 233 g/mol. The Labute approximate surface area is 105 Å². The van der Waals surface area contributed by atoms with Gasteiger partial charge in [-0.15, -0.1) is 6.58 Å². The van der Waals surface area contributed by atoms with Crippen molar-refractivity contribution in [1.29, 1.82) is 0 Å². The van der Waals surface area contributed by atoms with Gasteiger partial charge in [-0.1, -0.05) is 26.0 Å². The molecule has 17 heavy (non-hydrogen) atoms. The zero-order chi connectivity index (χ0) is 12.7. The van der Waals surface area contributed by atoms with E-state index in [1.807, 2.05) is 6.08 Å². The molecule has 2 heteroatoms. The summed E-state index contributed by atoms with van der Waals surface area (Å²) in [5.74, 6) is 1.50. The third-order valence-electron chi connectivity index (χ3n) is 2.58.